The third kappa shape index (κ3) is 7.89. The molecule has 1 unspecified atom stereocenters. The first-order valence-electron chi connectivity index (χ1n) is 17.3. The quantitative estimate of drug-likeness (QED) is 0.147. The van der Waals surface area contributed by atoms with E-state index in [4.69, 9.17) is 21.1 Å². The van der Waals surface area contributed by atoms with Crippen molar-refractivity contribution in [1.82, 2.24) is 14.6 Å². The van der Waals surface area contributed by atoms with Gasteiger partial charge in [-0.25, -0.2) is 13.1 Å². The molecule has 9 nitrogen and oxygen atoms in total. The molecule has 3 N–H and O–H groups in total. The topological polar surface area (TPSA) is 121 Å². The summed E-state index contributed by atoms with van der Waals surface area (Å²) in [6.45, 7) is 4.31. The molecule has 2 aliphatic rings. The number of piperidine rings is 1. The van der Waals surface area contributed by atoms with Crippen molar-refractivity contribution in [3.05, 3.63) is 142 Å². The molecule has 0 radical (unpaired) electrons. The molecule has 0 spiro atoms. The highest BCUT2D eigenvalue weighted by atomic mass is 35.5. The van der Waals surface area contributed by atoms with Crippen LogP contribution in [0.1, 0.15) is 60.0 Å². The zero-order valence-corrected chi connectivity index (χ0v) is 29.9. The number of likely N-dealkylation sites (tertiary alicyclic amines) is 1. The third-order valence-electron chi connectivity index (χ3n) is 10.2. The fourth-order valence-corrected chi connectivity index (χ4v) is 8.40. The van der Waals surface area contributed by atoms with Gasteiger partial charge in [-0.1, -0.05) is 97.4 Å². The summed E-state index contributed by atoms with van der Waals surface area (Å²) >= 11 is 6.09. The minimum Gasteiger partial charge on any atom is -0.392 e. The van der Waals surface area contributed by atoms with E-state index in [9.17, 15) is 18.6 Å². The van der Waals surface area contributed by atoms with Gasteiger partial charge in [-0.3, -0.25) is 4.98 Å². The Labute approximate surface area is 303 Å². The fourth-order valence-electron chi connectivity index (χ4n) is 7.08. The van der Waals surface area contributed by atoms with Crippen LogP contribution in [0.25, 0.3) is 10.9 Å². The maximum absolute atomic E-state index is 13.3. The minimum atomic E-state index is -3.81. The van der Waals surface area contributed by atoms with E-state index in [0.717, 1.165) is 33.2 Å². The van der Waals surface area contributed by atoms with Crippen LogP contribution in [0.3, 0.4) is 0 Å². The number of benzene rings is 4. The van der Waals surface area contributed by atoms with Crippen molar-refractivity contribution in [1.29, 1.82) is 0 Å². The molecule has 266 valence electrons. The summed E-state index contributed by atoms with van der Waals surface area (Å²) in [7, 11) is -3.81. The van der Waals surface area contributed by atoms with Gasteiger partial charge in [-0.15, -0.1) is 0 Å². The number of hydrogen-bond acceptors (Lipinski definition) is 8. The predicted molar refractivity (Wildman–Crippen MR) is 196 cm³/mol. The van der Waals surface area contributed by atoms with Crippen molar-refractivity contribution in [3.8, 4) is 0 Å². The zero-order chi connectivity index (χ0) is 35.6. The van der Waals surface area contributed by atoms with Gasteiger partial charge in [0.15, 0.2) is 6.29 Å². The number of halogens is 1. The monoisotopic (exact) mass is 727 g/mol. The number of hydrogen-bond donors (Lipinski definition) is 3. The summed E-state index contributed by atoms with van der Waals surface area (Å²) in [5.74, 6) is 0.00976. The van der Waals surface area contributed by atoms with Crippen LogP contribution in [0.5, 0.6) is 0 Å². The SMILES string of the molecule is C[C@H]1[C@@H](CN2CCC(O)(c3ccc(Cl)cc3)CC2)OC(c2ccc(CNS(=O)(=O)c3cccc4cccnc34)cc2)O[C@H]1c1ccc(CO)cc1. The predicted octanol–water partition coefficient (Wildman–Crippen LogP) is 6.63. The standard InChI is InChI=1S/C40H42ClN3O6S/c1-27-35(25-44-22-19-40(46,20-23-44)33-15-17-34(41)18-16-33)49-39(50-38(27)31-11-9-29(26-45)10-12-31)32-13-7-28(8-14-32)24-43-51(47,48)36-6-2-4-30-5-3-21-42-37(30)36/h2-18,21,27,35,38-39,43,45-46H,19-20,22-26H2,1H3/t27-,35+,38+,39?/m0/s1. The Morgan fingerprint density at radius 3 is 2.25 bits per heavy atom. The molecule has 0 saturated carbocycles. The lowest BCUT2D eigenvalue weighted by molar-refractivity contribution is -0.277. The second kappa shape index (κ2) is 15.1. The molecule has 2 fully saturated rings. The van der Waals surface area contributed by atoms with Gasteiger partial charge in [0.25, 0.3) is 0 Å². The van der Waals surface area contributed by atoms with E-state index in [0.29, 0.717) is 43.0 Å². The highest BCUT2D eigenvalue weighted by molar-refractivity contribution is 7.89. The van der Waals surface area contributed by atoms with E-state index in [-0.39, 0.29) is 36.2 Å². The average Bonchev–Trinajstić information content (AvgIpc) is 3.16. The number of fused-ring (bicyclic) bond motifs is 1. The van der Waals surface area contributed by atoms with Crippen LogP contribution < -0.4 is 4.72 Å². The Hall–Kier alpha value is -3.71. The lowest BCUT2D eigenvalue weighted by atomic mass is 9.84. The van der Waals surface area contributed by atoms with Crippen molar-refractivity contribution in [2.75, 3.05) is 19.6 Å². The van der Waals surface area contributed by atoms with Crippen molar-refractivity contribution < 1.29 is 28.1 Å². The third-order valence-corrected chi connectivity index (χ3v) is 11.9. The molecule has 7 rings (SSSR count). The minimum absolute atomic E-state index is 0.00976. The second-order valence-electron chi connectivity index (χ2n) is 13.6. The number of pyridine rings is 1. The summed E-state index contributed by atoms with van der Waals surface area (Å²) in [4.78, 5) is 6.78. The lowest BCUT2D eigenvalue weighted by Crippen LogP contribution is -2.49. The summed E-state index contributed by atoms with van der Waals surface area (Å²) in [6, 6.07) is 31.6. The molecule has 51 heavy (non-hydrogen) atoms. The highest BCUT2D eigenvalue weighted by Gasteiger charge is 2.41. The Morgan fingerprint density at radius 2 is 1.55 bits per heavy atom. The van der Waals surface area contributed by atoms with E-state index in [1.807, 2.05) is 84.9 Å². The Balaban J connectivity index is 1.06. The molecule has 3 heterocycles. The summed E-state index contributed by atoms with van der Waals surface area (Å²) in [5.41, 5.74) is 3.86. The maximum atomic E-state index is 13.3. The number of para-hydroxylation sites is 1. The van der Waals surface area contributed by atoms with Crippen molar-refractivity contribution in [2.45, 2.75) is 61.9 Å². The molecule has 0 amide bonds. The lowest BCUT2D eigenvalue weighted by Gasteiger charge is -2.45. The number of rotatable bonds is 10. The number of nitrogens with zero attached hydrogens (tertiary/aromatic N) is 2. The molecule has 4 aromatic carbocycles. The molecule has 1 aromatic heterocycles. The van der Waals surface area contributed by atoms with Crippen LogP contribution in [0.15, 0.2) is 114 Å². The van der Waals surface area contributed by atoms with Crippen LogP contribution in [-0.2, 0) is 38.2 Å². The first-order chi connectivity index (χ1) is 24.6. The average molecular weight is 728 g/mol. The van der Waals surface area contributed by atoms with Gasteiger partial charge in [-0.2, -0.15) is 0 Å². The van der Waals surface area contributed by atoms with Crippen molar-refractivity contribution in [2.24, 2.45) is 5.92 Å². The summed E-state index contributed by atoms with van der Waals surface area (Å²) in [6.07, 6.45) is 1.70. The Bertz CT molecular complexity index is 2050. The van der Waals surface area contributed by atoms with Gasteiger partial charge < -0.3 is 24.6 Å². The van der Waals surface area contributed by atoms with E-state index < -0.39 is 21.9 Å². The molecule has 4 atom stereocenters. The Morgan fingerprint density at radius 1 is 0.882 bits per heavy atom. The van der Waals surface area contributed by atoms with Gasteiger partial charge in [0.05, 0.1) is 29.9 Å². The fraction of sp³-hybridized carbons (Fsp3) is 0.325. The Kier molecular flexibility index (Phi) is 10.6. The van der Waals surface area contributed by atoms with Gasteiger partial charge in [-0.05, 0) is 59.4 Å². The van der Waals surface area contributed by atoms with Crippen LogP contribution in [-0.4, -0.2) is 54.3 Å². The second-order valence-corrected chi connectivity index (χ2v) is 15.7. The first-order valence-corrected chi connectivity index (χ1v) is 19.1. The van der Waals surface area contributed by atoms with E-state index in [1.165, 1.54) is 0 Å². The van der Waals surface area contributed by atoms with Crippen LogP contribution in [0.2, 0.25) is 5.02 Å². The number of nitrogens with one attached hydrogen (secondary N) is 1. The van der Waals surface area contributed by atoms with Gasteiger partial charge >= 0.3 is 0 Å². The highest BCUT2D eigenvalue weighted by Crippen LogP contribution is 2.42. The number of aromatic nitrogens is 1. The van der Waals surface area contributed by atoms with Gasteiger partial charge in [0, 0.05) is 54.3 Å². The maximum Gasteiger partial charge on any atom is 0.243 e. The molecular weight excluding hydrogens is 686 g/mol. The van der Waals surface area contributed by atoms with Crippen molar-refractivity contribution in [3.63, 3.8) is 0 Å². The van der Waals surface area contributed by atoms with Crippen LogP contribution >= 0.6 is 11.6 Å². The zero-order valence-electron chi connectivity index (χ0n) is 28.4. The van der Waals surface area contributed by atoms with E-state index >= 15 is 0 Å². The first kappa shape index (κ1) is 35.7. The van der Waals surface area contributed by atoms with E-state index in [1.54, 1.807) is 24.4 Å². The number of sulfonamides is 1. The normalized spacial score (nSPS) is 22.6. The van der Waals surface area contributed by atoms with Gasteiger partial charge in [0.1, 0.15) is 4.90 Å². The summed E-state index contributed by atoms with van der Waals surface area (Å²) < 4.78 is 42.6. The van der Waals surface area contributed by atoms with Crippen LogP contribution in [0.4, 0.5) is 0 Å². The smallest absolute Gasteiger partial charge is 0.243 e. The van der Waals surface area contributed by atoms with E-state index in [2.05, 4.69) is 21.5 Å². The molecule has 5 aromatic rings. The molecular formula is C40H42ClN3O6S. The molecule has 0 bridgehead atoms. The van der Waals surface area contributed by atoms with Crippen LogP contribution in [0, 0.1) is 5.92 Å². The number of ether oxygens (including phenoxy) is 2. The van der Waals surface area contributed by atoms with Crippen molar-refractivity contribution >= 4 is 32.5 Å². The molecule has 2 saturated heterocycles. The number of aliphatic hydroxyl groups is 2. The molecule has 2 aliphatic heterocycles. The molecule has 11 heteroatoms. The largest absolute Gasteiger partial charge is 0.392 e. The van der Waals surface area contributed by atoms with Gasteiger partial charge in [0.2, 0.25) is 10.0 Å². The summed E-state index contributed by atoms with van der Waals surface area (Å²) in [5, 5.41) is 22.5. The number of aliphatic hydroxyl groups excluding tert-OH is 1. The molecule has 0 aliphatic carbocycles.